The number of carbonyl (C=O) groups excluding carboxylic acids is 1. The third-order valence-electron chi connectivity index (χ3n) is 5.50. The predicted molar refractivity (Wildman–Crippen MR) is 129 cm³/mol. The third kappa shape index (κ3) is 5.35. The molecule has 1 aliphatic heterocycles. The first kappa shape index (κ1) is 22.8. The summed E-state index contributed by atoms with van der Waals surface area (Å²) in [6.07, 6.45) is 3.44. The molecule has 1 aliphatic rings. The fraction of sp³-hybridized carbons (Fsp3) is 0.231. The highest BCUT2D eigenvalue weighted by Crippen LogP contribution is 2.33. The minimum Gasteiger partial charge on any atom is -0.493 e. The van der Waals surface area contributed by atoms with Crippen molar-refractivity contribution in [2.45, 2.75) is 0 Å². The highest BCUT2D eigenvalue weighted by atomic mass is 35.5. The second-order valence-electron chi connectivity index (χ2n) is 7.50. The van der Waals surface area contributed by atoms with E-state index in [9.17, 15) is 4.79 Å². The molecule has 0 spiro atoms. The molecule has 0 unspecified atom stereocenters. The molecule has 1 fully saturated rings. The molecule has 0 bridgehead atoms. The molecule has 0 aliphatic carbocycles. The van der Waals surface area contributed by atoms with Gasteiger partial charge in [0.2, 0.25) is 5.91 Å². The van der Waals surface area contributed by atoms with Gasteiger partial charge in [-0.3, -0.25) is 9.78 Å². The first-order valence-corrected chi connectivity index (χ1v) is 11.0. The molecule has 33 heavy (non-hydrogen) atoms. The van der Waals surface area contributed by atoms with Gasteiger partial charge in [0.25, 0.3) is 0 Å². The monoisotopic (exact) mass is 464 g/mol. The Morgan fingerprint density at radius 1 is 0.970 bits per heavy atom. The number of carbonyl (C=O) groups is 1. The maximum atomic E-state index is 13.1. The van der Waals surface area contributed by atoms with Gasteiger partial charge in [-0.1, -0.05) is 35.9 Å². The number of morpholine rings is 1. The molecule has 1 saturated heterocycles. The lowest BCUT2D eigenvalue weighted by atomic mass is 9.97. The SMILES string of the molecule is COc1ccc(C(=CC(=O)N2CCOCC2)c2ccc(-c3ccc(Cl)cc3)nc2)cc1OC. The molecule has 1 amide bonds. The summed E-state index contributed by atoms with van der Waals surface area (Å²) < 4.78 is 16.2. The summed E-state index contributed by atoms with van der Waals surface area (Å²) in [5, 5.41) is 0.677. The van der Waals surface area contributed by atoms with Gasteiger partial charge in [0.15, 0.2) is 11.5 Å². The van der Waals surface area contributed by atoms with Crippen molar-refractivity contribution in [3.63, 3.8) is 0 Å². The molecule has 7 heteroatoms. The fourth-order valence-electron chi connectivity index (χ4n) is 3.68. The number of nitrogens with zero attached hydrogens (tertiary/aromatic N) is 2. The zero-order valence-electron chi connectivity index (χ0n) is 18.6. The van der Waals surface area contributed by atoms with E-state index in [-0.39, 0.29) is 5.91 Å². The van der Waals surface area contributed by atoms with Gasteiger partial charge < -0.3 is 19.1 Å². The molecule has 2 aromatic carbocycles. The molecule has 0 radical (unpaired) electrons. The normalized spacial score (nSPS) is 14.2. The van der Waals surface area contributed by atoms with Crippen LogP contribution in [0.2, 0.25) is 5.02 Å². The van der Waals surface area contributed by atoms with Crippen LogP contribution in [0, 0.1) is 0 Å². The Morgan fingerprint density at radius 3 is 2.30 bits per heavy atom. The zero-order chi connectivity index (χ0) is 23.2. The van der Waals surface area contributed by atoms with Gasteiger partial charge in [-0.25, -0.2) is 0 Å². The number of benzene rings is 2. The smallest absolute Gasteiger partial charge is 0.247 e. The minimum atomic E-state index is -0.0649. The lowest BCUT2D eigenvalue weighted by Gasteiger charge is -2.26. The van der Waals surface area contributed by atoms with Crippen LogP contribution in [0.15, 0.2) is 66.9 Å². The Bertz CT molecular complexity index is 1140. The number of rotatable bonds is 6. The molecular weight excluding hydrogens is 440 g/mol. The van der Waals surface area contributed by atoms with Crippen molar-refractivity contribution in [1.82, 2.24) is 9.88 Å². The topological polar surface area (TPSA) is 60.9 Å². The van der Waals surface area contributed by atoms with E-state index in [2.05, 4.69) is 4.98 Å². The summed E-state index contributed by atoms with van der Waals surface area (Å²) in [5.74, 6) is 1.15. The third-order valence-corrected chi connectivity index (χ3v) is 5.75. The average molecular weight is 465 g/mol. The number of halogens is 1. The summed E-state index contributed by atoms with van der Waals surface area (Å²) >= 11 is 6.00. The molecule has 4 rings (SSSR count). The van der Waals surface area contributed by atoms with Gasteiger partial charge >= 0.3 is 0 Å². The molecule has 6 nitrogen and oxygen atoms in total. The Kier molecular flexibility index (Phi) is 7.27. The number of pyridine rings is 1. The van der Waals surface area contributed by atoms with Crippen LogP contribution in [-0.2, 0) is 9.53 Å². The second kappa shape index (κ2) is 10.5. The minimum absolute atomic E-state index is 0.0649. The number of methoxy groups -OCH3 is 2. The van der Waals surface area contributed by atoms with Crippen molar-refractivity contribution < 1.29 is 19.0 Å². The molecule has 1 aromatic heterocycles. The van der Waals surface area contributed by atoms with E-state index in [1.165, 1.54) is 0 Å². The van der Waals surface area contributed by atoms with Gasteiger partial charge in [0.1, 0.15) is 0 Å². The summed E-state index contributed by atoms with van der Waals surface area (Å²) in [6, 6.07) is 17.0. The first-order valence-electron chi connectivity index (χ1n) is 10.6. The number of hydrogen-bond donors (Lipinski definition) is 0. The lowest BCUT2D eigenvalue weighted by molar-refractivity contribution is -0.129. The van der Waals surface area contributed by atoms with E-state index >= 15 is 0 Å². The first-order chi connectivity index (χ1) is 16.1. The Morgan fingerprint density at radius 2 is 1.67 bits per heavy atom. The second-order valence-corrected chi connectivity index (χ2v) is 7.94. The van der Waals surface area contributed by atoms with Crippen LogP contribution < -0.4 is 9.47 Å². The molecule has 0 N–H and O–H groups in total. The Hall–Kier alpha value is -3.35. The highest BCUT2D eigenvalue weighted by molar-refractivity contribution is 6.30. The van der Waals surface area contributed by atoms with E-state index in [0.29, 0.717) is 42.8 Å². The summed E-state index contributed by atoms with van der Waals surface area (Å²) in [7, 11) is 3.18. The van der Waals surface area contributed by atoms with Crippen LogP contribution in [-0.4, -0.2) is 56.3 Å². The van der Waals surface area contributed by atoms with E-state index in [4.69, 9.17) is 25.8 Å². The largest absolute Gasteiger partial charge is 0.493 e. The summed E-state index contributed by atoms with van der Waals surface area (Å²) in [5.41, 5.74) is 4.19. The average Bonchev–Trinajstić information content (AvgIpc) is 2.88. The Labute approximate surface area is 198 Å². The van der Waals surface area contributed by atoms with Crippen molar-refractivity contribution in [3.8, 4) is 22.8 Å². The van der Waals surface area contributed by atoms with Crippen molar-refractivity contribution in [2.75, 3.05) is 40.5 Å². The number of hydrogen-bond acceptors (Lipinski definition) is 5. The van der Waals surface area contributed by atoms with E-state index < -0.39 is 0 Å². The summed E-state index contributed by atoms with van der Waals surface area (Å²) in [6.45, 7) is 2.23. The standard InChI is InChI=1S/C26H25ClN2O4/c1-31-24-10-6-19(15-25(24)32-2)22(16-26(30)29-11-13-33-14-12-29)20-5-9-23(28-17-20)18-3-7-21(27)8-4-18/h3-10,15-17H,11-14H2,1-2H3. The molecule has 2 heterocycles. The maximum absolute atomic E-state index is 13.1. The van der Waals surface area contributed by atoms with Crippen LogP contribution in [0.5, 0.6) is 11.5 Å². The van der Waals surface area contributed by atoms with Gasteiger partial charge in [0, 0.05) is 41.5 Å². The molecule has 0 atom stereocenters. The van der Waals surface area contributed by atoms with Crippen LogP contribution in [0.4, 0.5) is 0 Å². The maximum Gasteiger partial charge on any atom is 0.247 e. The molecule has 3 aromatic rings. The molecule has 0 saturated carbocycles. The Balaban J connectivity index is 1.73. The van der Waals surface area contributed by atoms with E-state index in [1.54, 1.807) is 31.4 Å². The van der Waals surface area contributed by atoms with Crippen molar-refractivity contribution >= 4 is 23.1 Å². The van der Waals surface area contributed by atoms with Crippen LogP contribution in [0.3, 0.4) is 0 Å². The van der Waals surface area contributed by atoms with Crippen LogP contribution in [0.1, 0.15) is 11.1 Å². The predicted octanol–water partition coefficient (Wildman–Crippen LogP) is 4.71. The van der Waals surface area contributed by atoms with E-state index in [0.717, 1.165) is 28.0 Å². The van der Waals surface area contributed by atoms with Crippen LogP contribution >= 0.6 is 11.6 Å². The molecule has 170 valence electrons. The van der Waals surface area contributed by atoms with Gasteiger partial charge in [-0.05, 0) is 41.5 Å². The number of ether oxygens (including phenoxy) is 3. The van der Waals surface area contributed by atoms with E-state index in [1.807, 2.05) is 54.6 Å². The summed E-state index contributed by atoms with van der Waals surface area (Å²) in [4.78, 5) is 19.5. The van der Waals surface area contributed by atoms with Crippen LogP contribution in [0.25, 0.3) is 16.8 Å². The quantitative estimate of drug-likeness (QED) is 0.494. The van der Waals surface area contributed by atoms with Gasteiger partial charge in [-0.15, -0.1) is 0 Å². The molecular formula is C26H25ClN2O4. The number of amides is 1. The van der Waals surface area contributed by atoms with Crippen molar-refractivity contribution in [1.29, 1.82) is 0 Å². The lowest BCUT2D eigenvalue weighted by Crippen LogP contribution is -2.39. The van der Waals surface area contributed by atoms with Gasteiger partial charge in [0.05, 0.1) is 33.1 Å². The fourth-order valence-corrected chi connectivity index (χ4v) is 3.81. The number of aromatic nitrogens is 1. The highest BCUT2D eigenvalue weighted by Gasteiger charge is 2.18. The zero-order valence-corrected chi connectivity index (χ0v) is 19.3. The van der Waals surface area contributed by atoms with Crippen molar-refractivity contribution in [2.24, 2.45) is 0 Å². The van der Waals surface area contributed by atoms with Gasteiger partial charge in [-0.2, -0.15) is 0 Å². The van der Waals surface area contributed by atoms with Crippen molar-refractivity contribution in [3.05, 3.63) is 83.0 Å².